The standard InChI is InChI=1S/C20H23NO2S/c1-14(22)21-17-9-5-15(6-10-17)19(23)13-24-18-11-7-16(8-12-18)20(2,3)4/h5-12H,13H2,1-4H3,(H,21,22). The molecule has 0 aliphatic rings. The zero-order chi connectivity index (χ0) is 17.7. The largest absolute Gasteiger partial charge is 0.326 e. The van der Waals surface area contributed by atoms with E-state index in [1.54, 1.807) is 24.3 Å². The summed E-state index contributed by atoms with van der Waals surface area (Å²) in [6.45, 7) is 8.01. The Kier molecular flexibility index (Phi) is 5.84. The van der Waals surface area contributed by atoms with E-state index in [0.29, 0.717) is 17.0 Å². The monoisotopic (exact) mass is 341 g/mol. The molecule has 0 aromatic heterocycles. The molecule has 0 spiro atoms. The van der Waals surface area contributed by atoms with E-state index in [1.807, 2.05) is 0 Å². The molecule has 3 nitrogen and oxygen atoms in total. The van der Waals surface area contributed by atoms with Crippen LogP contribution in [-0.4, -0.2) is 17.4 Å². The van der Waals surface area contributed by atoms with Crippen molar-refractivity contribution in [3.8, 4) is 0 Å². The molecule has 1 N–H and O–H groups in total. The zero-order valence-corrected chi connectivity index (χ0v) is 15.4. The second-order valence-electron chi connectivity index (χ2n) is 6.74. The van der Waals surface area contributed by atoms with Gasteiger partial charge < -0.3 is 5.32 Å². The van der Waals surface area contributed by atoms with Gasteiger partial charge in [0.15, 0.2) is 5.78 Å². The summed E-state index contributed by atoms with van der Waals surface area (Å²) in [6.07, 6.45) is 0. The summed E-state index contributed by atoms with van der Waals surface area (Å²) in [7, 11) is 0. The van der Waals surface area contributed by atoms with Crippen molar-refractivity contribution in [3.05, 3.63) is 59.7 Å². The van der Waals surface area contributed by atoms with Crippen molar-refractivity contribution in [2.75, 3.05) is 11.1 Å². The average Bonchev–Trinajstić information content (AvgIpc) is 2.52. The molecule has 0 unspecified atom stereocenters. The van der Waals surface area contributed by atoms with Gasteiger partial charge in [0.25, 0.3) is 0 Å². The lowest BCUT2D eigenvalue weighted by molar-refractivity contribution is -0.114. The minimum atomic E-state index is -0.122. The van der Waals surface area contributed by atoms with E-state index >= 15 is 0 Å². The zero-order valence-electron chi connectivity index (χ0n) is 14.6. The molecule has 2 aromatic rings. The molecule has 0 fully saturated rings. The van der Waals surface area contributed by atoms with Crippen molar-refractivity contribution in [1.29, 1.82) is 0 Å². The molecular weight excluding hydrogens is 318 g/mol. The van der Waals surface area contributed by atoms with Gasteiger partial charge in [-0.05, 0) is 47.4 Å². The molecule has 0 aliphatic heterocycles. The highest BCUT2D eigenvalue weighted by atomic mass is 32.2. The minimum Gasteiger partial charge on any atom is -0.326 e. The molecule has 24 heavy (non-hydrogen) atoms. The van der Waals surface area contributed by atoms with Gasteiger partial charge in [0.2, 0.25) is 5.91 Å². The number of hydrogen-bond acceptors (Lipinski definition) is 3. The second-order valence-corrected chi connectivity index (χ2v) is 7.79. The fourth-order valence-electron chi connectivity index (χ4n) is 2.23. The Labute approximate surface area is 147 Å². The van der Waals surface area contributed by atoms with Crippen molar-refractivity contribution >= 4 is 29.1 Å². The molecule has 0 heterocycles. The number of ketones is 1. The molecule has 0 aliphatic carbocycles. The summed E-state index contributed by atoms with van der Waals surface area (Å²) in [6, 6.07) is 15.4. The Bertz CT molecular complexity index is 713. The number of nitrogens with one attached hydrogen (secondary N) is 1. The third-order valence-electron chi connectivity index (χ3n) is 3.62. The first-order valence-electron chi connectivity index (χ1n) is 7.90. The number of rotatable bonds is 5. The predicted octanol–water partition coefficient (Wildman–Crippen LogP) is 4.92. The highest BCUT2D eigenvalue weighted by Crippen LogP contribution is 2.26. The highest BCUT2D eigenvalue weighted by molar-refractivity contribution is 8.00. The lowest BCUT2D eigenvalue weighted by Gasteiger charge is -2.19. The third-order valence-corrected chi connectivity index (χ3v) is 4.63. The van der Waals surface area contributed by atoms with Gasteiger partial charge in [-0.3, -0.25) is 9.59 Å². The summed E-state index contributed by atoms with van der Waals surface area (Å²) in [5, 5.41) is 2.69. The van der Waals surface area contributed by atoms with Crippen LogP contribution in [0.25, 0.3) is 0 Å². The van der Waals surface area contributed by atoms with Crippen molar-refractivity contribution in [2.24, 2.45) is 0 Å². The SMILES string of the molecule is CC(=O)Nc1ccc(C(=O)CSc2ccc(C(C)(C)C)cc2)cc1. The van der Waals surface area contributed by atoms with Crippen LogP contribution in [0.3, 0.4) is 0 Å². The first kappa shape index (κ1) is 18.3. The molecular formula is C20H23NO2S. The van der Waals surface area contributed by atoms with Crippen LogP contribution in [0, 0.1) is 0 Å². The van der Waals surface area contributed by atoms with E-state index in [0.717, 1.165) is 4.90 Å². The van der Waals surface area contributed by atoms with Crippen LogP contribution < -0.4 is 5.32 Å². The smallest absolute Gasteiger partial charge is 0.221 e. The molecule has 0 atom stereocenters. The van der Waals surface area contributed by atoms with Crippen LogP contribution in [0.4, 0.5) is 5.69 Å². The minimum absolute atomic E-state index is 0.0780. The predicted molar refractivity (Wildman–Crippen MR) is 101 cm³/mol. The van der Waals surface area contributed by atoms with Gasteiger partial charge in [0, 0.05) is 23.1 Å². The molecule has 0 saturated carbocycles. The summed E-state index contributed by atoms with van der Waals surface area (Å²) in [5.41, 5.74) is 2.77. The lowest BCUT2D eigenvalue weighted by atomic mass is 9.87. The molecule has 126 valence electrons. The molecule has 2 rings (SSSR count). The summed E-state index contributed by atoms with van der Waals surface area (Å²) < 4.78 is 0. The van der Waals surface area contributed by atoms with Gasteiger partial charge in [-0.15, -0.1) is 11.8 Å². The van der Waals surface area contributed by atoms with E-state index in [4.69, 9.17) is 0 Å². The number of hydrogen-bond donors (Lipinski definition) is 1. The van der Waals surface area contributed by atoms with Crippen molar-refractivity contribution in [1.82, 2.24) is 0 Å². The maximum atomic E-state index is 12.3. The average molecular weight is 341 g/mol. The first-order valence-corrected chi connectivity index (χ1v) is 8.88. The van der Waals surface area contributed by atoms with E-state index in [2.05, 4.69) is 50.4 Å². The maximum absolute atomic E-state index is 12.3. The highest BCUT2D eigenvalue weighted by Gasteiger charge is 2.13. The molecule has 4 heteroatoms. The summed E-state index contributed by atoms with van der Waals surface area (Å²) >= 11 is 1.54. The summed E-state index contributed by atoms with van der Waals surface area (Å²) in [5.74, 6) is 0.353. The van der Waals surface area contributed by atoms with E-state index < -0.39 is 0 Å². The van der Waals surface area contributed by atoms with Crippen LogP contribution in [0.5, 0.6) is 0 Å². The Morgan fingerprint density at radius 1 is 0.958 bits per heavy atom. The van der Waals surface area contributed by atoms with Crippen LogP contribution in [-0.2, 0) is 10.2 Å². The number of carbonyl (C=O) groups is 2. The van der Waals surface area contributed by atoms with E-state index in [-0.39, 0.29) is 17.1 Å². The number of anilines is 1. The van der Waals surface area contributed by atoms with E-state index in [9.17, 15) is 9.59 Å². The molecule has 2 aromatic carbocycles. The van der Waals surface area contributed by atoms with Gasteiger partial charge in [0.05, 0.1) is 5.75 Å². The fraction of sp³-hybridized carbons (Fsp3) is 0.300. The molecule has 0 saturated heterocycles. The van der Waals surface area contributed by atoms with Gasteiger partial charge in [-0.2, -0.15) is 0 Å². The van der Waals surface area contributed by atoms with E-state index in [1.165, 1.54) is 24.2 Å². The normalized spacial score (nSPS) is 11.2. The van der Waals surface area contributed by atoms with Crippen molar-refractivity contribution < 1.29 is 9.59 Å². The quantitative estimate of drug-likeness (QED) is 0.620. The summed E-state index contributed by atoms with van der Waals surface area (Å²) in [4.78, 5) is 24.4. The fourth-order valence-corrected chi connectivity index (χ4v) is 3.02. The van der Waals surface area contributed by atoms with Crippen LogP contribution in [0.2, 0.25) is 0 Å². The van der Waals surface area contributed by atoms with Crippen LogP contribution >= 0.6 is 11.8 Å². The van der Waals surface area contributed by atoms with Crippen molar-refractivity contribution in [3.63, 3.8) is 0 Å². The van der Waals surface area contributed by atoms with Crippen LogP contribution in [0.15, 0.2) is 53.4 Å². The lowest BCUT2D eigenvalue weighted by Crippen LogP contribution is -2.10. The number of carbonyl (C=O) groups excluding carboxylic acids is 2. The van der Waals surface area contributed by atoms with Crippen LogP contribution in [0.1, 0.15) is 43.6 Å². The van der Waals surface area contributed by atoms with Gasteiger partial charge in [0.1, 0.15) is 0 Å². The first-order chi connectivity index (χ1) is 11.3. The Balaban J connectivity index is 1.94. The van der Waals surface area contributed by atoms with Crippen molar-refractivity contribution in [2.45, 2.75) is 38.0 Å². The third kappa shape index (κ3) is 5.24. The van der Waals surface area contributed by atoms with Gasteiger partial charge >= 0.3 is 0 Å². The molecule has 0 radical (unpaired) electrons. The number of amides is 1. The molecule has 1 amide bonds. The van der Waals surface area contributed by atoms with Gasteiger partial charge in [-0.1, -0.05) is 32.9 Å². The number of thioether (sulfide) groups is 1. The van der Waals surface area contributed by atoms with Gasteiger partial charge in [-0.25, -0.2) is 0 Å². The number of Topliss-reactive ketones (excluding diaryl/α,β-unsaturated/α-hetero) is 1. The maximum Gasteiger partial charge on any atom is 0.221 e. The Morgan fingerprint density at radius 2 is 1.54 bits per heavy atom. The Morgan fingerprint density at radius 3 is 2.04 bits per heavy atom. The topological polar surface area (TPSA) is 46.2 Å². The molecule has 0 bridgehead atoms. The Hall–Kier alpha value is -2.07. The second kappa shape index (κ2) is 7.67. The number of benzene rings is 2.